The number of ketones is 1. The Morgan fingerprint density at radius 2 is 2.11 bits per heavy atom. The fraction of sp³-hybridized carbons (Fsp3) is 0.588. The third kappa shape index (κ3) is 4.10. The highest BCUT2D eigenvalue weighted by atomic mass is 32.2. The Balaban J connectivity index is 1.89. The minimum atomic E-state index is 0.330. The van der Waals surface area contributed by atoms with Gasteiger partial charge in [-0.2, -0.15) is 0 Å². The van der Waals surface area contributed by atoms with Gasteiger partial charge in [0.2, 0.25) is 0 Å². The van der Waals surface area contributed by atoms with E-state index in [1.165, 1.54) is 29.7 Å². The van der Waals surface area contributed by atoms with Crippen molar-refractivity contribution in [2.45, 2.75) is 50.8 Å². The quantitative estimate of drug-likeness (QED) is 0.713. The van der Waals surface area contributed by atoms with E-state index in [0.717, 1.165) is 12.8 Å². The molecule has 0 radical (unpaired) electrons. The van der Waals surface area contributed by atoms with Crippen molar-refractivity contribution in [2.75, 3.05) is 5.75 Å². The number of Topliss-reactive ketones (excluding diaryl/α,β-unsaturated/α-hetero) is 1. The summed E-state index contributed by atoms with van der Waals surface area (Å²) < 4.78 is 0. The highest BCUT2D eigenvalue weighted by molar-refractivity contribution is 8.00. The van der Waals surface area contributed by atoms with Gasteiger partial charge in [0, 0.05) is 10.8 Å². The van der Waals surface area contributed by atoms with Gasteiger partial charge in [0.25, 0.3) is 0 Å². The van der Waals surface area contributed by atoms with Crippen LogP contribution in [0.3, 0.4) is 0 Å². The molecular formula is C17H24OS. The molecule has 2 unspecified atom stereocenters. The van der Waals surface area contributed by atoms with Crippen molar-refractivity contribution < 1.29 is 4.79 Å². The molecule has 1 aromatic rings. The van der Waals surface area contributed by atoms with Crippen molar-refractivity contribution >= 4 is 17.5 Å². The fourth-order valence-electron chi connectivity index (χ4n) is 3.09. The van der Waals surface area contributed by atoms with E-state index >= 15 is 0 Å². The molecule has 1 aliphatic rings. The Morgan fingerprint density at radius 3 is 2.84 bits per heavy atom. The predicted molar refractivity (Wildman–Crippen MR) is 82.6 cm³/mol. The van der Waals surface area contributed by atoms with Crippen LogP contribution in [0.5, 0.6) is 0 Å². The third-order valence-corrected chi connectivity index (χ3v) is 5.23. The number of hydrogen-bond donors (Lipinski definition) is 0. The summed E-state index contributed by atoms with van der Waals surface area (Å²) in [4.78, 5) is 13.6. The van der Waals surface area contributed by atoms with E-state index in [9.17, 15) is 4.79 Å². The number of thioether (sulfide) groups is 1. The molecule has 0 aliphatic heterocycles. The summed E-state index contributed by atoms with van der Waals surface area (Å²) in [7, 11) is 0. The van der Waals surface area contributed by atoms with E-state index in [1.54, 1.807) is 11.8 Å². The fourth-order valence-corrected chi connectivity index (χ4v) is 4.05. The molecule has 1 nitrogen and oxygen atoms in total. The topological polar surface area (TPSA) is 17.1 Å². The molecule has 2 rings (SSSR count). The number of hydrogen-bond acceptors (Lipinski definition) is 2. The molecule has 0 aromatic heterocycles. The molecule has 19 heavy (non-hydrogen) atoms. The van der Waals surface area contributed by atoms with Gasteiger partial charge in [0.15, 0.2) is 0 Å². The lowest BCUT2D eigenvalue weighted by Crippen LogP contribution is -2.28. The minimum absolute atomic E-state index is 0.330. The van der Waals surface area contributed by atoms with E-state index < -0.39 is 0 Å². The van der Waals surface area contributed by atoms with E-state index in [1.807, 2.05) is 0 Å². The summed E-state index contributed by atoms with van der Waals surface area (Å²) in [6.45, 7) is 4.32. The van der Waals surface area contributed by atoms with Gasteiger partial charge in [0.05, 0.1) is 5.75 Å². The molecule has 0 bridgehead atoms. The SMILES string of the molecule is CCC1CCCCC1C(=O)CSc1cccc(C)c1. The van der Waals surface area contributed by atoms with Crippen LogP contribution in [0, 0.1) is 18.8 Å². The standard InChI is InChI=1S/C17H24OS/c1-3-14-8-4-5-10-16(14)17(18)12-19-15-9-6-7-13(2)11-15/h6-7,9,11,14,16H,3-5,8,10,12H2,1-2H3. The Morgan fingerprint density at radius 1 is 1.32 bits per heavy atom. The molecule has 0 amide bonds. The number of rotatable bonds is 5. The van der Waals surface area contributed by atoms with Crippen LogP contribution in [0.15, 0.2) is 29.2 Å². The van der Waals surface area contributed by atoms with E-state index in [2.05, 4.69) is 38.1 Å². The Bertz CT molecular complexity index is 427. The summed E-state index contributed by atoms with van der Waals surface area (Å²) in [6.07, 6.45) is 6.08. The van der Waals surface area contributed by atoms with Crippen LogP contribution in [-0.4, -0.2) is 11.5 Å². The van der Waals surface area contributed by atoms with Gasteiger partial charge in [-0.1, -0.05) is 43.9 Å². The highest BCUT2D eigenvalue weighted by Crippen LogP contribution is 2.34. The van der Waals surface area contributed by atoms with Crippen LogP contribution in [-0.2, 0) is 4.79 Å². The molecule has 1 fully saturated rings. The lowest BCUT2D eigenvalue weighted by molar-refractivity contribution is -0.123. The first-order valence-electron chi connectivity index (χ1n) is 7.43. The zero-order valence-electron chi connectivity index (χ0n) is 12.0. The maximum absolute atomic E-state index is 12.4. The summed E-state index contributed by atoms with van der Waals surface area (Å²) >= 11 is 1.70. The van der Waals surface area contributed by atoms with E-state index in [0.29, 0.717) is 23.4 Å². The van der Waals surface area contributed by atoms with Gasteiger partial charge in [-0.3, -0.25) is 4.79 Å². The first-order valence-corrected chi connectivity index (χ1v) is 8.41. The van der Waals surface area contributed by atoms with Gasteiger partial charge in [-0.05, 0) is 37.8 Å². The second-order valence-electron chi connectivity index (χ2n) is 5.63. The molecule has 2 atom stereocenters. The molecule has 1 aliphatic carbocycles. The first-order chi connectivity index (χ1) is 9.20. The van der Waals surface area contributed by atoms with Gasteiger partial charge in [0.1, 0.15) is 5.78 Å². The van der Waals surface area contributed by atoms with Crippen LogP contribution < -0.4 is 0 Å². The minimum Gasteiger partial charge on any atom is -0.298 e. The molecule has 0 heterocycles. The molecule has 0 N–H and O–H groups in total. The Kier molecular flexibility index (Phi) is 5.50. The summed E-state index contributed by atoms with van der Waals surface area (Å²) in [5, 5.41) is 0. The van der Waals surface area contributed by atoms with Gasteiger partial charge >= 0.3 is 0 Å². The monoisotopic (exact) mass is 276 g/mol. The second-order valence-corrected chi connectivity index (χ2v) is 6.68. The zero-order chi connectivity index (χ0) is 13.7. The smallest absolute Gasteiger partial charge is 0.146 e. The summed E-state index contributed by atoms with van der Waals surface area (Å²) in [5.41, 5.74) is 1.27. The molecule has 104 valence electrons. The van der Waals surface area contributed by atoms with E-state index in [-0.39, 0.29) is 0 Å². The van der Waals surface area contributed by atoms with Crippen molar-refractivity contribution in [3.05, 3.63) is 29.8 Å². The Hall–Kier alpha value is -0.760. The lowest BCUT2D eigenvalue weighted by Gasteiger charge is -2.29. The van der Waals surface area contributed by atoms with E-state index in [4.69, 9.17) is 0 Å². The molecule has 1 saturated carbocycles. The van der Waals surface area contributed by atoms with Crippen molar-refractivity contribution in [1.29, 1.82) is 0 Å². The molecule has 0 saturated heterocycles. The summed E-state index contributed by atoms with van der Waals surface area (Å²) in [5.74, 6) is 2.08. The molecule has 1 aromatic carbocycles. The first kappa shape index (κ1) is 14.6. The van der Waals surface area contributed by atoms with Crippen LogP contribution in [0.1, 0.15) is 44.6 Å². The average Bonchev–Trinajstić information content (AvgIpc) is 2.45. The number of aryl methyl sites for hydroxylation is 1. The van der Waals surface area contributed by atoms with Crippen LogP contribution >= 0.6 is 11.8 Å². The highest BCUT2D eigenvalue weighted by Gasteiger charge is 2.29. The lowest BCUT2D eigenvalue weighted by atomic mass is 9.76. The van der Waals surface area contributed by atoms with Crippen molar-refractivity contribution in [3.8, 4) is 0 Å². The average molecular weight is 276 g/mol. The van der Waals surface area contributed by atoms with Crippen LogP contribution in [0.25, 0.3) is 0 Å². The number of carbonyl (C=O) groups excluding carboxylic acids is 1. The Labute approximate surface area is 121 Å². The van der Waals surface area contributed by atoms with Crippen LogP contribution in [0.4, 0.5) is 0 Å². The largest absolute Gasteiger partial charge is 0.298 e. The third-order valence-electron chi connectivity index (χ3n) is 4.22. The van der Waals surface area contributed by atoms with Gasteiger partial charge < -0.3 is 0 Å². The number of benzene rings is 1. The van der Waals surface area contributed by atoms with Crippen molar-refractivity contribution in [3.63, 3.8) is 0 Å². The molecular weight excluding hydrogens is 252 g/mol. The van der Waals surface area contributed by atoms with Gasteiger partial charge in [-0.25, -0.2) is 0 Å². The molecule has 2 heteroatoms. The predicted octanol–water partition coefficient (Wildman–Crippen LogP) is 4.87. The zero-order valence-corrected chi connectivity index (χ0v) is 12.8. The molecule has 0 spiro atoms. The van der Waals surface area contributed by atoms with Crippen molar-refractivity contribution in [2.24, 2.45) is 11.8 Å². The van der Waals surface area contributed by atoms with Crippen LogP contribution in [0.2, 0.25) is 0 Å². The number of carbonyl (C=O) groups is 1. The van der Waals surface area contributed by atoms with Gasteiger partial charge in [-0.15, -0.1) is 11.8 Å². The maximum Gasteiger partial charge on any atom is 0.146 e. The normalized spacial score (nSPS) is 23.3. The second kappa shape index (κ2) is 7.14. The maximum atomic E-state index is 12.4. The summed E-state index contributed by atoms with van der Waals surface area (Å²) in [6, 6.07) is 8.43. The van der Waals surface area contributed by atoms with Crippen molar-refractivity contribution in [1.82, 2.24) is 0 Å².